The molecule has 0 saturated carbocycles. The summed E-state index contributed by atoms with van der Waals surface area (Å²) in [6.07, 6.45) is 2.56. The summed E-state index contributed by atoms with van der Waals surface area (Å²) in [7, 11) is 0. The Bertz CT molecular complexity index is 242. The van der Waals surface area contributed by atoms with Gasteiger partial charge < -0.3 is 11.1 Å². The minimum absolute atomic E-state index is 0.0773. The smallest absolute Gasteiger partial charge is 0.219 e. The lowest BCUT2D eigenvalue weighted by Crippen LogP contribution is -2.50. The van der Waals surface area contributed by atoms with E-state index in [9.17, 15) is 4.79 Å². The van der Waals surface area contributed by atoms with Gasteiger partial charge in [0.2, 0.25) is 5.91 Å². The highest BCUT2D eigenvalue weighted by molar-refractivity contribution is 5.75. The van der Waals surface area contributed by atoms with Crippen molar-refractivity contribution in [3.8, 4) is 0 Å². The molecule has 4 heteroatoms. The van der Waals surface area contributed by atoms with Crippen LogP contribution in [0.5, 0.6) is 0 Å². The summed E-state index contributed by atoms with van der Waals surface area (Å²) in [6.45, 7) is 9.48. The Morgan fingerprint density at radius 2 is 2.25 bits per heavy atom. The van der Waals surface area contributed by atoms with Crippen LogP contribution in [-0.4, -0.2) is 42.0 Å². The fraction of sp³-hybridized carbons (Fsp3) is 0.917. The molecule has 0 aliphatic carbocycles. The van der Waals surface area contributed by atoms with E-state index in [0.717, 1.165) is 32.5 Å². The van der Waals surface area contributed by atoms with Crippen LogP contribution in [0.15, 0.2) is 0 Å². The van der Waals surface area contributed by atoms with Crippen LogP contribution in [-0.2, 0) is 4.79 Å². The van der Waals surface area contributed by atoms with Crippen molar-refractivity contribution in [3.05, 3.63) is 0 Å². The first kappa shape index (κ1) is 13.5. The van der Waals surface area contributed by atoms with Gasteiger partial charge in [0.15, 0.2) is 0 Å². The highest BCUT2D eigenvalue weighted by Crippen LogP contribution is 2.26. The molecule has 1 rings (SSSR count). The Balaban J connectivity index is 2.62. The van der Waals surface area contributed by atoms with Gasteiger partial charge in [0, 0.05) is 31.1 Å². The molecule has 3 N–H and O–H groups in total. The maximum absolute atomic E-state index is 11.2. The van der Waals surface area contributed by atoms with E-state index in [2.05, 4.69) is 31.0 Å². The van der Waals surface area contributed by atoms with Crippen molar-refractivity contribution in [2.24, 2.45) is 5.73 Å². The van der Waals surface area contributed by atoms with Crippen molar-refractivity contribution in [1.29, 1.82) is 0 Å². The van der Waals surface area contributed by atoms with Crippen molar-refractivity contribution >= 4 is 5.91 Å². The Morgan fingerprint density at radius 1 is 1.56 bits per heavy atom. The van der Waals surface area contributed by atoms with Gasteiger partial charge in [-0.05, 0) is 33.2 Å². The van der Waals surface area contributed by atoms with E-state index in [-0.39, 0.29) is 11.4 Å². The van der Waals surface area contributed by atoms with E-state index in [4.69, 9.17) is 5.73 Å². The van der Waals surface area contributed by atoms with Crippen LogP contribution in [0.4, 0.5) is 0 Å². The van der Waals surface area contributed by atoms with Crippen LogP contribution in [0.2, 0.25) is 0 Å². The third-order valence-electron chi connectivity index (χ3n) is 3.38. The summed E-state index contributed by atoms with van der Waals surface area (Å²) in [5.41, 5.74) is 5.28. The van der Waals surface area contributed by atoms with Gasteiger partial charge in [0.25, 0.3) is 0 Å². The number of likely N-dealkylation sites (tertiary alicyclic amines) is 1. The van der Waals surface area contributed by atoms with E-state index < -0.39 is 0 Å². The number of nitrogens with zero attached hydrogens (tertiary/aromatic N) is 1. The Hall–Kier alpha value is -0.610. The minimum atomic E-state index is -0.200. The maximum Gasteiger partial charge on any atom is 0.219 e. The lowest BCUT2D eigenvalue weighted by Gasteiger charge is -2.30. The van der Waals surface area contributed by atoms with Crippen molar-refractivity contribution < 1.29 is 4.79 Å². The molecule has 0 spiro atoms. The molecule has 1 aliphatic heterocycles. The van der Waals surface area contributed by atoms with E-state index in [1.165, 1.54) is 0 Å². The zero-order valence-electron chi connectivity index (χ0n) is 10.8. The zero-order valence-corrected chi connectivity index (χ0v) is 10.8. The number of primary amides is 1. The standard InChI is InChI=1S/C12H25N3O/c1-4-6-14-12(8-11(13)16)5-7-15(9-12)10(2)3/h10,14H,4-9H2,1-3H3,(H2,13,16). The van der Waals surface area contributed by atoms with Gasteiger partial charge >= 0.3 is 0 Å². The fourth-order valence-electron chi connectivity index (χ4n) is 2.42. The third-order valence-corrected chi connectivity index (χ3v) is 3.38. The van der Waals surface area contributed by atoms with Crippen molar-refractivity contribution in [3.63, 3.8) is 0 Å². The maximum atomic E-state index is 11.2. The number of carbonyl (C=O) groups excluding carboxylic acids is 1. The van der Waals surface area contributed by atoms with E-state index in [1.807, 2.05) is 0 Å². The summed E-state index contributed by atoms with van der Waals surface area (Å²) in [4.78, 5) is 13.6. The van der Waals surface area contributed by atoms with E-state index >= 15 is 0 Å². The first-order chi connectivity index (χ1) is 7.49. The highest BCUT2D eigenvalue weighted by Gasteiger charge is 2.39. The van der Waals surface area contributed by atoms with E-state index in [0.29, 0.717) is 12.5 Å². The van der Waals surface area contributed by atoms with Crippen LogP contribution in [0.3, 0.4) is 0 Å². The molecule has 1 aliphatic rings. The largest absolute Gasteiger partial charge is 0.370 e. The summed E-state index contributed by atoms with van der Waals surface area (Å²) in [5, 5.41) is 3.52. The van der Waals surface area contributed by atoms with Gasteiger partial charge in [0.05, 0.1) is 0 Å². The second kappa shape index (κ2) is 5.64. The molecule has 16 heavy (non-hydrogen) atoms. The molecule has 0 aromatic rings. The summed E-state index contributed by atoms with van der Waals surface area (Å²) in [5.74, 6) is -0.200. The van der Waals surface area contributed by atoms with Crippen molar-refractivity contribution in [2.75, 3.05) is 19.6 Å². The molecular formula is C12H25N3O. The Kier molecular flexibility index (Phi) is 4.74. The molecular weight excluding hydrogens is 202 g/mol. The summed E-state index contributed by atoms with van der Waals surface area (Å²) in [6, 6.07) is 0.540. The van der Waals surface area contributed by atoms with Crippen LogP contribution in [0.1, 0.15) is 40.0 Å². The lowest BCUT2D eigenvalue weighted by atomic mass is 9.93. The molecule has 0 aromatic heterocycles. The Morgan fingerprint density at radius 3 is 2.69 bits per heavy atom. The van der Waals surface area contributed by atoms with Gasteiger partial charge in [-0.25, -0.2) is 0 Å². The molecule has 0 bridgehead atoms. The molecule has 1 heterocycles. The molecule has 1 saturated heterocycles. The van der Waals surface area contributed by atoms with Crippen LogP contribution >= 0.6 is 0 Å². The monoisotopic (exact) mass is 227 g/mol. The molecule has 4 nitrogen and oxygen atoms in total. The quantitative estimate of drug-likeness (QED) is 0.703. The number of hydrogen-bond donors (Lipinski definition) is 2. The van der Waals surface area contributed by atoms with Gasteiger partial charge in [-0.1, -0.05) is 6.92 Å². The third kappa shape index (κ3) is 3.46. The molecule has 1 unspecified atom stereocenters. The second-order valence-corrected chi connectivity index (χ2v) is 5.16. The SMILES string of the molecule is CCCNC1(CC(N)=O)CCN(C(C)C)C1. The molecule has 1 atom stereocenters. The fourth-order valence-corrected chi connectivity index (χ4v) is 2.42. The van der Waals surface area contributed by atoms with Crippen LogP contribution in [0, 0.1) is 0 Å². The van der Waals surface area contributed by atoms with E-state index in [1.54, 1.807) is 0 Å². The van der Waals surface area contributed by atoms with Gasteiger partial charge in [-0.15, -0.1) is 0 Å². The molecule has 0 radical (unpaired) electrons. The average Bonchev–Trinajstić information content (AvgIpc) is 2.59. The topological polar surface area (TPSA) is 58.4 Å². The molecule has 0 aromatic carbocycles. The zero-order chi connectivity index (χ0) is 12.2. The predicted molar refractivity (Wildman–Crippen MR) is 66.2 cm³/mol. The van der Waals surface area contributed by atoms with Crippen LogP contribution in [0.25, 0.3) is 0 Å². The number of hydrogen-bond acceptors (Lipinski definition) is 3. The van der Waals surface area contributed by atoms with Gasteiger partial charge in [-0.3, -0.25) is 9.69 Å². The molecule has 1 amide bonds. The number of nitrogens with two attached hydrogens (primary N) is 1. The second-order valence-electron chi connectivity index (χ2n) is 5.16. The normalized spacial score (nSPS) is 26.5. The summed E-state index contributed by atoms with van der Waals surface area (Å²) >= 11 is 0. The van der Waals surface area contributed by atoms with Crippen molar-refractivity contribution in [2.45, 2.75) is 51.6 Å². The first-order valence-corrected chi connectivity index (χ1v) is 6.26. The minimum Gasteiger partial charge on any atom is -0.370 e. The Labute approximate surface area is 98.6 Å². The average molecular weight is 227 g/mol. The number of carbonyl (C=O) groups is 1. The summed E-state index contributed by atoms with van der Waals surface area (Å²) < 4.78 is 0. The first-order valence-electron chi connectivity index (χ1n) is 6.26. The van der Waals surface area contributed by atoms with Crippen molar-refractivity contribution in [1.82, 2.24) is 10.2 Å². The number of nitrogens with one attached hydrogen (secondary N) is 1. The van der Waals surface area contributed by atoms with Crippen LogP contribution < -0.4 is 11.1 Å². The predicted octanol–water partition coefficient (Wildman–Crippen LogP) is 0.714. The lowest BCUT2D eigenvalue weighted by molar-refractivity contribution is -0.119. The number of amides is 1. The molecule has 94 valence electrons. The van der Waals surface area contributed by atoms with Gasteiger partial charge in [-0.2, -0.15) is 0 Å². The van der Waals surface area contributed by atoms with Gasteiger partial charge in [0.1, 0.15) is 0 Å². The number of rotatable bonds is 6. The molecule has 1 fully saturated rings. The highest BCUT2D eigenvalue weighted by atomic mass is 16.1.